The molecule has 0 radical (unpaired) electrons. The molecule has 1 aliphatic rings. The van der Waals surface area contributed by atoms with Crippen molar-refractivity contribution < 1.29 is 24.2 Å². The molecule has 0 bridgehead atoms. The lowest BCUT2D eigenvalue weighted by atomic mass is 10.0. The summed E-state index contributed by atoms with van der Waals surface area (Å²) in [6, 6.07) is 7.50. The van der Waals surface area contributed by atoms with E-state index < -0.39 is 5.97 Å². The molecule has 0 spiro atoms. The first-order chi connectivity index (χ1) is 12.5. The number of hydrogen-bond acceptors (Lipinski definition) is 5. The second-order valence-corrected chi connectivity index (χ2v) is 6.34. The van der Waals surface area contributed by atoms with Gasteiger partial charge in [-0.05, 0) is 43.7 Å². The van der Waals surface area contributed by atoms with Crippen molar-refractivity contribution in [2.45, 2.75) is 32.2 Å². The summed E-state index contributed by atoms with van der Waals surface area (Å²) >= 11 is 0. The smallest absolute Gasteiger partial charge is 0.317 e. The molecule has 1 saturated heterocycles. The molecule has 1 N–H and O–H groups in total. The van der Waals surface area contributed by atoms with Crippen LogP contribution in [0, 0.1) is 0 Å². The van der Waals surface area contributed by atoms with Crippen LogP contribution in [0.2, 0.25) is 0 Å². The molecule has 2 rings (SSSR count). The summed E-state index contributed by atoms with van der Waals surface area (Å²) in [6.45, 7) is 4.41. The molecule has 144 valence electrons. The molecule has 7 heteroatoms. The minimum Gasteiger partial charge on any atom is -0.497 e. The van der Waals surface area contributed by atoms with Crippen LogP contribution in [0.4, 0.5) is 0 Å². The summed E-state index contributed by atoms with van der Waals surface area (Å²) < 4.78 is 10.7. The number of carbonyl (C=O) groups is 2. The van der Waals surface area contributed by atoms with E-state index in [9.17, 15) is 9.59 Å². The zero-order valence-corrected chi connectivity index (χ0v) is 15.5. The SMILES string of the molecule is CCN(CC(=O)O)C1CCN(C(=O)CCOc2ccc(OC)cc2)CC1. The monoisotopic (exact) mass is 364 g/mol. The predicted molar refractivity (Wildman–Crippen MR) is 97.6 cm³/mol. The van der Waals surface area contributed by atoms with Gasteiger partial charge in [0.15, 0.2) is 0 Å². The molecule has 1 aliphatic heterocycles. The van der Waals surface area contributed by atoms with Crippen molar-refractivity contribution >= 4 is 11.9 Å². The number of methoxy groups -OCH3 is 1. The van der Waals surface area contributed by atoms with E-state index in [2.05, 4.69) is 0 Å². The van der Waals surface area contributed by atoms with E-state index in [0.29, 0.717) is 38.4 Å². The molecule has 0 aromatic heterocycles. The highest BCUT2D eigenvalue weighted by Gasteiger charge is 2.27. The van der Waals surface area contributed by atoms with Gasteiger partial charge in [-0.15, -0.1) is 0 Å². The highest BCUT2D eigenvalue weighted by molar-refractivity contribution is 5.76. The number of amides is 1. The van der Waals surface area contributed by atoms with Gasteiger partial charge in [0.25, 0.3) is 0 Å². The van der Waals surface area contributed by atoms with Gasteiger partial charge < -0.3 is 19.5 Å². The number of hydrogen-bond donors (Lipinski definition) is 1. The van der Waals surface area contributed by atoms with Crippen LogP contribution in [0.15, 0.2) is 24.3 Å². The van der Waals surface area contributed by atoms with Gasteiger partial charge in [-0.25, -0.2) is 0 Å². The molecule has 1 aromatic rings. The Hall–Kier alpha value is -2.28. The second-order valence-electron chi connectivity index (χ2n) is 6.34. The number of rotatable bonds is 9. The van der Waals surface area contributed by atoms with Crippen LogP contribution in [-0.4, -0.2) is 72.7 Å². The molecule has 1 aromatic carbocycles. The zero-order chi connectivity index (χ0) is 18.9. The molecule has 1 amide bonds. The largest absolute Gasteiger partial charge is 0.497 e. The third-order valence-corrected chi connectivity index (χ3v) is 4.72. The molecule has 26 heavy (non-hydrogen) atoms. The summed E-state index contributed by atoms with van der Waals surface area (Å²) in [5.41, 5.74) is 0. The maximum atomic E-state index is 12.3. The van der Waals surface area contributed by atoms with Gasteiger partial charge in [0.1, 0.15) is 11.5 Å². The summed E-state index contributed by atoms with van der Waals surface area (Å²) in [6.07, 6.45) is 1.96. The van der Waals surface area contributed by atoms with Crippen LogP contribution in [-0.2, 0) is 9.59 Å². The topological polar surface area (TPSA) is 79.3 Å². The van der Waals surface area contributed by atoms with Crippen LogP contribution in [0.25, 0.3) is 0 Å². The fraction of sp³-hybridized carbons (Fsp3) is 0.579. The first kappa shape index (κ1) is 20.0. The summed E-state index contributed by atoms with van der Waals surface area (Å²) in [7, 11) is 1.61. The van der Waals surface area contributed by atoms with Crippen LogP contribution in [0.5, 0.6) is 11.5 Å². The van der Waals surface area contributed by atoms with E-state index in [0.717, 1.165) is 18.6 Å². The number of carboxylic acid groups (broad SMARTS) is 1. The third-order valence-electron chi connectivity index (χ3n) is 4.72. The average Bonchev–Trinajstić information content (AvgIpc) is 2.66. The quantitative estimate of drug-likeness (QED) is 0.721. The maximum absolute atomic E-state index is 12.3. The van der Waals surface area contributed by atoms with Crippen molar-refractivity contribution in [3.8, 4) is 11.5 Å². The molecular weight excluding hydrogens is 336 g/mol. The van der Waals surface area contributed by atoms with E-state index in [1.165, 1.54) is 0 Å². The van der Waals surface area contributed by atoms with Crippen molar-refractivity contribution in [2.75, 3.05) is 39.9 Å². The minimum atomic E-state index is -0.805. The Kier molecular flexibility index (Phi) is 7.72. The first-order valence-electron chi connectivity index (χ1n) is 9.04. The summed E-state index contributed by atoms with van der Waals surface area (Å²) in [5.74, 6) is 0.754. The van der Waals surface area contributed by atoms with E-state index in [1.54, 1.807) is 7.11 Å². The van der Waals surface area contributed by atoms with E-state index in [-0.39, 0.29) is 18.5 Å². The third kappa shape index (κ3) is 5.91. The lowest BCUT2D eigenvalue weighted by molar-refractivity contribution is -0.140. The van der Waals surface area contributed by atoms with Crippen LogP contribution >= 0.6 is 0 Å². The molecule has 0 unspecified atom stereocenters. The Bertz CT molecular complexity index is 582. The number of likely N-dealkylation sites (N-methyl/N-ethyl adjacent to an activating group) is 1. The van der Waals surface area contributed by atoms with Gasteiger partial charge >= 0.3 is 5.97 Å². The predicted octanol–water partition coefficient (Wildman–Crippen LogP) is 1.86. The fourth-order valence-corrected chi connectivity index (χ4v) is 3.24. The number of carboxylic acids is 1. The number of carbonyl (C=O) groups excluding carboxylic acids is 1. The van der Waals surface area contributed by atoms with Crippen molar-refractivity contribution in [2.24, 2.45) is 0 Å². The number of likely N-dealkylation sites (tertiary alicyclic amines) is 1. The minimum absolute atomic E-state index is 0.0603. The Morgan fingerprint density at radius 2 is 1.81 bits per heavy atom. The Morgan fingerprint density at radius 3 is 2.35 bits per heavy atom. The average molecular weight is 364 g/mol. The normalized spacial score (nSPS) is 15.1. The maximum Gasteiger partial charge on any atom is 0.317 e. The molecule has 0 saturated carbocycles. The second kappa shape index (κ2) is 10.0. The Morgan fingerprint density at radius 1 is 1.19 bits per heavy atom. The van der Waals surface area contributed by atoms with Crippen LogP contribution in [0.3, 0.4) is 0 Å². The number of aliphatic carboxylic acids is 1. The molecule has 0 atom stereocenters. The lowest BCUT2D eigenvalue weighted by Gasteiger charge is -2.37. The standard InChI is InChI=1S/C19H28N2O5/c1-3-20(14-19(23)24)15-8-11-21(12-9-15)18(22)10-13-26-17-6-4-16(25-2)5-7-17/h4-7,15H,3,8-14H2,1-2H3,(H,23,24). The Labute approximate surface area is 154 Å². The highest BCUT2D eigenvalue weighted by Crippen LogP contribution is 2.19. The van der Waals surface area contributed by atoms with Crippen molar-refractivity contribution in [3.05, 3.63) is 24.3 Å². The number of benzene rings is 1. The summed E-state index contributed by atoms with van der Waals surface area (Å²) in [4.78, 5) is 27.1. The fourth-order valence-electron chi connectivity index (χ4n) is 3.24. The lowest BCUT2D eigenvalue weighted by Crippen LogP contribution is -2.48. The van der Waals surface area contributed by atoms with Crippen molar-refractivity contribution in [1.82, 2.24) is 9.80 Å². The van der Waals surface area contributed by atoms with Crippen LogP contribution in [0.1, 0.15) is 26.2 Å². The van der Waals surface area contributed by atoms with Gasteiger partial charge in [0, 0.05) is 19.1 Å². The van der Waals surface area contributed by atoms with Gasteiger partial charge in [0.2, 0.25) is 5.91 Å². The van der Waals surface area contributed by atoms with Gasteiger partial charge in [-0.1, -0.05) is 6.92 Å². The number of ether oxygens (including phenoxy) is 2. The molecular formula is C19H28N2O5. The summed E-state index contributed by atoms with van der Waals surface area (Å²) in [5, 5.41) is 8.98. The first-order valence-corrected chi connectivity index (χ1v) is 9.04. The zero-order valence-electron chi connectivity index (χ0n) is 15.5. The highest BCUT2D eigenvalue weighted by atomic mass is 16.5. The molecule has 0 aliphatic carbocycles. The van der Waals surface area contributed by atoms with Crippen molar-refractivity contribution in [3.63, 3.8) is 0 Å². The van der Waals surface area contributed by atoms with Gasteiger partial charge in [0.05, 0.1) is 26.7 Å². The van der Waals surface area contributed by atoms with E-state index in [4.69, 9.17) is 14.6 Å². The molecule has 1 heterocycles. The molecule has 7 nitrogen and oxygen atoms in total. The van der Waals surface area contributed by atoms with E-state index >= 15 is 0 Å². The van der Waals surface area contributed by atoms with Gasteiger partial charge in [-0.3, -0.25) is 14.5 Å². The van der Waals surface area contributed by atoms with E-state index in [1.807, 2.05) is 41.0 Å². The van der Waals surface area contributed by atoms with Crippen LogP contribution < -0.4 is 9.47 Å². The molecule has 1 fully saturated rings. The van der Waals surface area contributed by atoms with Gasteiger partial charge in [-0.2, -0.15) is 0 Å². The number of piperidine rings is 1. The van der Waals surface area contributed by atoms with Crippen molar-refractivity contribution in [1.29, 1.82) is 0 Å². The number of nitrogens with zero attached hydrogens (tertiary/aromatic N) is 2. The Balaban J connectivity index is 1.71.